The first kappa shape index (κ1) is 18.1. The van der Waals surface area contributed by atoms with E-state index < -0.39 is 5.91 Å². The Bertz CT molecular complexity index is 818. The number of nitriles is 1. The average Bonchev–Trinajstić information content (AvgIpc) is 2.66. The highest BCUT2D eigenvalue weighted by atomic mass is 16.5. The number of nitrogens with one attached hydrogen (secondary N) is 1. The number of ether oxygens (including phenoxy) is 2. The molecule has 0 bridgehead atoms. The van der Waals surface area contributed by atoms with Crippen LogP contribution in [0, 0.1) is 11.3 Å². The van der Waals surface area contributed by atoms with E-state index >= 15 is 0 Å². The normalized spacial score (nSPS) is 10.7. The van der Waals surface area contributed by atoms with Crippen LogP contribution in [0.1, 0.15) is 18.1 Å². The van der Waals surface area contributed by atoms with Crippen LogP contribution in [0.4, 0.5) is 5.69 Å². The number of aryl methyl sites for hydroxylation is 1. The van der Waals surface area contributed by atoms with Crippen molar-refractivity contribution < 1.29 is 14.3 Å². The zero-order valence-corrected chi connectivity index (χ0v) is 14.5. The predicted octanol–water partition coefficient (Wildman–Crippen LogP) is 3.81. The fourth-order valence-corrected chi connectivity index (χ4v) is 2.28. The summed E-state index contributed by atoms with van der Waals surface area (Å²) in [7, 11) is 3.08. The SMILES string of the molecule is CCc1ccc(NC(=O)/C(C#N)=C/c2cc(OC)ccc2OC)cc1. The van der Waals surface area contributed by atoms with Gasteiger partial charge in [0.15, 0.2) is 0 Å². The van der Waals surface area contributed by atoms with Crippen molar-refractivity contribution in [3.8, 4) is 17.6 Å². The summed E-state index contributed by atoms with van der Waals surface area (Å²) >= 11 is 0. The molecule has 5 nitrogen and oxygen atoms in total. The van der Waals surface area contributed by atoms with Gasteiger partial charge in [-0.2, -0.15) is 5.26 Å². The molecule has 128 valence electrons. The van der Waals surface area contributed by atoms with Gasteiger partial charge < -0.3 is 14.8 Å². The molecule has 0 aliphatic heterocycles. The van der Waals surface area contributed by atoms with Gasteiger partial charge in [-0.25, -0.2) is 0 Å². The first-order chi connectivity index (χ1) is 12.1. The Hall–Kier alpha value is -3.26. The van der Waals surface area contributed by atoms with Gasteiger partial charge >= 0.3 is 0 Å². The Labute approximate surface area is 147 Å². The van der Waals surface area contributed by atoms with Gasteiger partial charge in [-0.1, -0.05) is 19.1 Å². The molecule has 0 spiro atoms. The van der Waals surface area contributed by atoms with E-state index in [1.54, 1.807) is 25.3 Å². The lowest BCUT2D eigenvalue weighted by Gasteiger charge is -2.09. The van der Waals surface area contributed by atoms with Gasteiger partial charge in [0, 0.05) is 11.3 Å². The molecule has 0 fully saturated rings. The number of rotatable bonds is 6. The van der Waals surface area contributed by atoms with Crippen LogP contribution in [0.5, 0.6) is 11.5 Å². The van der Waals surface area contributed by atoms with E-state index in [-0.39, 0.29) is 5.57 Å². The minimum atomic E-state index is -0.475. The average molecular weight is 336 g/mol. The molecule has 0 saturated heterocycles. The van der Waals surface area contributed by atoms with Crippen molar-refractivity contribution in [2.24, 2.45) is 0 Å². The van der Waals surface area contributed by atoms with E-state index in [0.29, 0.717) is 22.7 Å². The lowest BCUT2D eigenvalue weighted by atomic mass is 10.1. The van der Waals surface area contributed by atoms with Crippen LogP contribution in [0.15, 0.2) is 48.0 Å². The number of carbonyl (C=O) groups excluding carboxylic acids is 1. The number of carbonyl (C=O) groups is 1. The monoisotopic (exact) mass is 336 g/mol. The topological polar surface area (TPSA) is 71.4 Å². The minimum Gasteiger partial charge on any atom is -0.497 e. The second-order valence-electron chi connectivity index (χ2n) is 5.28. The molecule has 2 rings (SSSR count). The Morgan fingerprint density at radius 1 is 1.16 bits per heavy atom. The molecule has 0 atom stereocenters. The molecule has 0 radical (unpaired) electrons. The van der Waals surface area contributed by atoms with Gasteiger partial charge in [0.05, 0.1) is 14.2 Å². The van der Waals surface area contributed by atoms with Crippen molar-refractivity contribution in [1.82, 2.24) is 0 Å². The molecule has 1 N–H and O–H groups in total. The number of amides is 1. The summed E-state index contributed by atoms with van der Waals surface area (Å²) in [4.78, 5) is 12.4. The minimum absolute atomic E-state index is 0.0221. The number of nitrogens with zero attached hydrogens (tertiary/aromatic N) is 1. The van der Waals surface area contributed by atoms with Crippen LogP contribution < -0.4 is 14.8 Å². The molecular formula is C20H20N2O3. The summed E-state index contributed by atoms with van der Waals surface area (Å²) in [5, 5.41) is 12.1. The molecule has 0 saturated carbocycles. The first-order valence-electron chi connectivity index (χ1n) is 7.85. The Morgan fingerprint density at radius 3 is 2.44 bits per heavy atom. The van der Waals surface area contributed by atoms with E-state index in [1.165, 1.54) is 18.7 Å². The van der Waals surface area contributed by atoms with Gasteiger partial charge in [0.25, 0.3) is 5.91 Å². The highest BCUT2D eigenvalue weighted by molar-refractivity contribution is 6.09. The molecular weight excluding hydrogens is 316 g/mol. The van der Waals surface area contributed by atoms with Crippen LogP contribution in [-0.4, -0.2) is 20.1 Å². The second kappa shape index (κ2) is 8.55. The molecule has 0 aromatic heterocycles. The maximum Gasteiger partial charge on any atom is 0.266 e. The zero-order chi connectivity index (χ0) is 18.2. The quantitative estimate of drug-likeness (QED) is 0.643. The van der Waals surface area contributed by atoms with Crippen molar-refractivity contribution in [2.75, 3.05) is 19.5 Å². The lowest BCUT2D eigenvalue weighted by Crippen LogP contribution is -2.13. The predicted molar refractivity (Wildman–Crippen MR) is 97.6 cm³/mol. The standard InChI is InChI=1S/C20H20N2O3/c1-4-14-5-7-17(8-6-14)22-20(23)16(13-21)11-15-12-18(24-2)9-10-19(15)25-3/h5-12H,4H2,1-3H3,(H,22,23)/b16-11+. The van der Waals surface area contributed by atoms with Gasteiger partial charge in [0.2, 0.25) is 0 Å². The summed E-state index contributed by atoms with van der Waals surface area (Å²) in [5.41, 5.74) is 2.39. The first-order valence-corrected chi connectivity index (χ1v) is 7.85. The molecule has 5 heteroatoms. The molecule has 0 unspecified atom stereocenters. The number of benzene rings is 2. The van der Waals surface area contributed by atoms with E-state index in [4.69, 9.17) is 9.47 Å². The third-order valence-corrected chi connectivity index (χ3v) is 3.72. The van der Waals surface area contributed by atoms with E-state index in [1.807, 2.05) is 30.3 Å². The molecule has 2 aromatic carbocycles. The Balaban J connectivity index is 2.27. The van der Waals surface area contributed by atoms with Gasteiger partial charge in [0.1, 0.15) is 23.1 Å². The number of anilines is 1. The fourth-order valence-electron chi connectivity index (χ4n) is 2.28. The van der Waals surface area contributed by atoms with Crippen LogP contribution in [0.25, 0.3) is 6.08 Å². The third-order valence-electron chi connectivity index (χ3n) is 3.72. The Morgan fingerprint density at radius 2 is 1.88 bits per heavy atom. The smallest absolute Gasteiger partial charge is 0.266 e. The molecule has 0 aliphatic rings. The third kappa shape index (κ3) is 4.61. The summed E-state index contributed by atoms with van der Waals surface area (Å²) in [5.74, 6) is 0.685. The summed E-state index contributed by atoms with van der Waals surface area (Å²) in [6.45, 7) is 2.06. The van der Waals surface area contributed by atoms with Crippen molar-refractivity contribution in [3.63, 3.8) is 0 Å². The molecule has 0 aliphatic carbocycles. The summed E-state index contributed by atoms with van der Waals surface area (Å²) < 4.78 is 10.5. The van der Waals surface area contributed by atoms with Crippen molar-refractivity contribution >= 4 is 17.7 Å². The van der Waals surface area contributed by atoms with Crippen LogP contribution in [0.3, 0.4) is 0 Å². The molecule has 25 heavy (non-hydrogen) atoms. The zero-order valence-electron chi connectivity index (χ0n) is 14.5. The summed E-state index contributed by atoms with van der Waals surface area (Å²) in [6, 6.07) is 14.6. The van der Waals surface area contributed by atoms with E-state index in [2.05, 4.69) is 12.2 Å². The second-order valence-corrected chi connectivity index (χ2v) is 5.28. The van der Waals surface area contributed by atoms with Crippen molar-refractivity contribution in [2.45, 2.75) is 13.3 Å². The van der Waals surface area contributed by atoms with Crippen LogP contribution >= 0.6 is 0 Å². The summed E-state index contributed by atoms with van der Waals surface area (Å²) in [6.07, 6.45) is 2.41. The molecule has 1 amide bonds. The maximum atomic E-state index is 12.4. The van der Waals surface area contributed by atoms with Crippen LogP contribution in [-0.2, 0) is 11.2 Å². The largest absolute Gasteiger partial charge is 0.497 e. The highest BCUT2D eigenvalue weighted by Gasteiger charge is 2.12. The van der Waals surface area contributed by atoms with Crippen LogP contribution in [0.2, 0.25) is 0 Å². The lowest BCUT2D eigenvalue weighted by molar-refractivity contribution is -0.112. The van der Waals surface area contributed by atoms with Gasteiger partial charge in [-0.15, -0.1) is 0 Å². The molecule has 2 aromatic rings. The van der Waals surface area contributed by atoms with Gasteiger partial charge in [-0.3, -0.25) is 4.79 Å². The van der Waals surface area contributed by atoms with E-state index in [9.17, 15) is 10.1 Å². The number of hydrogen-bond donors (Lipinski definition) is 1. The van der Waals surface area contributed by atoms with Crippen molar-refractivity contribution in [3.05, 3.63) is 59.2 Å². The Kier molecular flexibility index (Phi) is 6.19. The number of methoxy groups -OCH3 is 2. The van der Waals surface area contributed by atoms with Crippen molar-refractivity contribution in [1.29, 1.82) is 5.26 Å². The van der Waals surface area contributed by atoms with Gasteiger partial charge in [-0.05, 0) is 48.4 Å². The molecule has 0 heterocycles. The maximum absolute atomic E-state index is 12.4. The number of hydrogen-bond acceptors (Lipinski definition) is 4. The highest BCUT2D eigenvalue weighted by Crippen LogP contribution is 2.26. The fraction of sp³-hybridized carbons (Fsp3) is 0.200. The van der Waals surface area contributed by atoms with E-state index in [0.717, 1.165) is 6.42 Å².